The van der Waals surface area contributed by atoms with Crippen LogP contribution in [0.15, 0.2) is 36.4 Å². The molecule has 3 rings (SSSR count). The van der Waals surface area contributed by atoms with Crippen molar-refractivity contribution in [3.63, 3.8) is 0 Å². The Balaban J connectivity index is 1.45. The molecule has 0 aliphatic carbocycles. The lowest BCUT2D eigenvalue weighted by Crippen LogP contribution is -2.48. The molecule has 5 heteroatoms. The maximum atomic E-state index is 12.7. The first kappa shape index (κ1) is 22.2. The van der Waals surface area contributed by atoms with Crippen LogP contribution in [0.5, 0.6) is 5.75 Å². The summed E-state index contributed by atoms with van der Waals surface area (Å²) in [5.41, 5.74) is 11.2. The highest BCUT2D eigenvalue weighted by Gasteiger charge is 2.24. The molecule has 0 radical (unpaired) electrons. The van der Waals surface area contributed by atoms with E-state index in [2.05, 4.69) is 40.5 Å². The van der Waals surface area contributed by atoms with Crippen LogP contribution in [-0.4, -0.2) is 42.6 Å². The Hall–Kier alpha value is -2.53. The van der Waals surface area contributed by atoms with Crippen molar-refractivity contribution in [1.82, 2.24) is 10.2 Å². The Morgan fingerprint density at radius 2 is 1.83 bits per heavy atom. The van der Waals surface area contributed by atoms with Crippen molar-refractivity contribution in [3.05, 3.63) is 58.7 Å². The van der Waals surface area contributed by atoms with Gasteiger partial charge in [-0.25, -0.2) is 0 Å². The molecular formula is C25H35N3O2. The zero-order valence-corrected chi connectivity index (χ0v) is 18.7. The number of carbonyl (C=O) groups is 1. The first-order valence-corrected chi connectivity index (χ1v) is 10.9. The molecule has 5 nitrogen and oxygen atoms in total. The Labute approximate surface area is 180 Å². The number of hydrogen-bond donors (Lipinski definition) is 2. The molecule has 1 fully saturated rings. The highest BCUT2D eigenvalue weighted by atomic mass is 16.5. The molecule has 0 spiro atoms. The minimum absolute atomic E-state index is 0.0516. The normalized spacial score (nSPS) is 16.3. The fourth-order valence-corrected chi connectivity index (χ4v) is 3.98. The van der Waals surface area contributed by atoms with Crippen molar-refractivity contribution in [2.75, 3.05) is 25.4 Å². The van der Waals surface area contributed by atoms with E-state index in [9.17, 15) is 4.79 Å². The zero-order chi connectivity index (χ0) is 21.7. The second-order valence-corrected chi connectivity index (χ2v) is 8.48. The third-order valence-corrected chi connectivity index (χ3v) is 6.28. The summed E-state index contributed by atoms with van der Waals surface area (Å²) in [7, 11) is 0. The first-order valence-electron chi connectivity index (χ1n) is 10.9. The number of likely N-dealkylation sites (tertiary alicyclic amines) is 1. The van der Waals surface area contributed by atoms with E-state index < -0.39 is 6.10 Å². The van der Waals surface area contributed by atoms with Crippen molar-refractivity contribution in [1.29, 1.82) is 0 Å². The molecule has 1 unspecified atom stereocenters. The zero-order valence-electron chi connectivity index (χ0n) is 18.7. The lowest BCUT2D eigenvalue weighted by Gasteiger charge is -2.33. The highest BCUT2D eigenvalue weighted by Crippen LogP contribution is 2.30. The molecule has 1 amide bonds. The summed E-state index contributed by atoms with van der Waals surface area (Å²) < 4.78 is 6.00. The summed E-state index contributed by atoms with van der Waals surface area (Å²) in [6.07, 6.45) is 2.49. The number of nitrogens with two attached hydrogens (primary N) is 1. The molecule has 162 valence electrons. The van der Waals surface area contributed by atoms with E-state index in [-0.39, 0.29) is 11.9 Å². The average Bonchev–Trinajstić information content (AvgIpc) is 2.76. The molecule has 3 N–H and O–H groups in total. The number of piperidine rings is 1. The average molecular weight is 410 g/mol. The van der Waals surface area contributed by atoms with Gasteiger partial charge >= 0.3 is 0 Å². The summed E-state index contributed by atoms with van der Waals surface area (Å²) >= 11 is 0. The van der Waals surface area contributed by atoms with Crippen LogP contribution < -0.4 is 15.8 Å². The van der Waals surface area contributed by atoms with E-state index in [1.165, 1.54) is 5.56 Å². The van der Waals surface area contributed by atoms with Gasteiger partial charge in [-0.3, -0.25) is 4.79 Å². The minimum Gasteiger partial charge on any atom is -0.481 e. The van der Waals surface area contributed by atoms with Gasteiger partial charge in [-0.1, -0.05) is 30.3 Å². The number of nitrogen functional groups attached to an aromatic ring is 1. The van der Waals surface area contributed by atoms with Gasteiger partial charge in [0, 0.05) is 31.4 Å². The Morgan fingerprint density at radius 1 is 1.17 bits per heavy atom. The lowest BCUT2D eigenvalue weighted by molar-refractivity contribution is -0.128. The van der Waals surface area contributed by atoms with Crippen LogP contribution in [-0.2, 0) is 11.2 Å². The predicted molar refractivity (Wildman–Crippen MR) is 123 cm³/mol. The van der Waals surface area contributed by atoms with Crippen molar-refractivity contribution >= 4 is 11.6 Å². The van der Waals surface area contributed by atoms with Gasteiger partial charge in [0.1, 0.15) is 5.75 Å². The van der Waals surface area contributed by atoms with E-state index in [0.717, 1.165) is 67.0 Å². The summed E-state index contributed by atoms with van der Waals surface area (Å²) in [6, 6.07) is 12.7. The number of ether oxygens (including phenoxy) is 1. The predicted octanol–water partition coefficient (Wildman–Crippen LogP) is 3.78. The summed E-state index contributed by atoms with van der Waals surface area (Å²) in [5, 5.41) is 3.18. The fraction of sp³-hybridized carbons (Fsp3) is 0.480. The minimum atomic E-state index is -0.540. The molecule has 2 aromatic carbocycles. The van der Waals surface area contributed by atoms with Gasteiger partial charge in [0.15, 0.2) is 6.10 Å². The number of aryl methyl sites for hydroxylation is 1. The summed E-state index contributed by atoms with van der Waals surface area (Å²) in [4.78, 5) is 15.2. The maximum Gasteiger partial charge on any atom is 0.260 e. The highest BCUT2D eigenvalue weighted by molar-refractivity contribution is 5.81. The maximum absolute atomic E-state index is 12.7. The largest absolute Gasteiger partial charge is 0.481 e. The Morgan fingerprint density at radius 3 is 2.50 bits per heavy atom. The molecule has 1 aliphatic rings. The number of nitrogens with one attached hydrogen (secondary N) is 1. The number of hydrogen-bond acceptors (Lipinski definition) is 4. The van der Waals surface area contributed by atoms with E-state index in [0.29, 0.717) is 0 Å². The molecule has 1 aliphatic heterocycles. The fourth-order valence-electron chi connectivity index (χ4n) is 3.98. The third-order valence-electron chi connectivity index (χ3n) is 6.28. The van der Waals surface area contributed by atoms with Crippen LogP contribution in [0.3, 0.4) is 0 Å². The van der Waals surface area contributed by atoms with Crippen LogP contribution in [0.4, 0.5) is 5.69 Å². The Bertz CT molecular complexity index is 858. The van der Waals surface area contributed by atoms with E-state index in [1.807, 2.05) is 33.8 Å². The van der Waals surface area contributed by atoms with Crippen molar-refractivity contribution < 1.29 is 9.53 Å². The molecule has 30 heavy (non-hydrogen) atoms. The van der Waals surface area contributed by atoms with Gasteiger partial charge in [0.05, 0.1) is 0 Å². The van der Waals surface area contributed by atoms with Gasteiger partial charge in [-0.15, -0.1) is 0 Å². The molecule has 0 aromatic heterocycles. The standard InChI is InChI=1S/C25H35N3O2/c1-17-16-23(18(2)19(3)24(17)26)30-20(4)25(29)27-22-11-14-28(15-12-22)13-10-21-8-6-5-7-9-21/h5-9,16,20,22H,10-15,26H2,1-4H3,(H,27,29). The van der Waals surface area contributed by atoms with Gasteiger partial charge in [-0.2, -0.15) is 0 Å². The lowest BCUT2D eigenvalue weighted by atomic mass is 10.0. The first-order chi connectivity index (χ1) is 14.3. The van der Waals surface area contributed by atoms with E-state index >= 15 is 0 Å². The van der Waals surface area contributed by atoms with Crippen LogP contribution in [0.2, 0.25) is 0 Å². The molecule has 1 heterocycles. The van der Waals surface area contributed by atoms with Gasteiger partial charge < -0.3 is 20.7 Å². The monoisotopic (exact) mass is 409 g/mol. The number of anilines is 1. The van der Waals surface area contributed by atoms with E-state index in [1.54, 1.807) is 0 Å². The second-order valence-electron chi connectivity index (χ2n) is 8.48. The van der Waals surface area contributed by atoms with Crippen molar-refractivity contribution in [2.45, 2.75) is 59.1 Å². The van der Waals surface area contributed by atoms with Crippen LogP contribution >= 0.6 is 0 Å². The topological polar surface area (TPSA) is 67.6 Å². The molecular weight excluding hydrogens is 374 g/mol. The SMILES string of the molecule is Cc1cc(OC(C)C(=O)NC2CCN(CCc3ccccc3)CC2)c(C)c(C)c1N. The molecule has 2 aromatic rings. The molecule has 1 atom stereocenters. The molecule has 0 bridgehead atoms. The Kier molecular flexibility index (Phi) is 7.38. The number of amides is 1. The number of benzene rings is 2. The van der Waals surface area contributed by atoms with Crippen LogP contribution in [0.1, 0.15) is 42.0 Å². The van der Waals surface area contributed by atoms with Crippen molar-refractivity contribution in [3.8, 4) is 5.75 Å². The summed E-state index contributed by atoms with van der Waals surface area (Å²) in [5.74, 6) is 0.682. The van der Waals surface area contributed by atoms with Gasteiger partial charge in [0.25, 0.3) is 5.91 Å². The van der Waals surface area contributed by atoms with Gasteiger partial charge in [-0.05, 0) is 75.3 Å². The van der Waals surface area contributed by atoms with Crippen LogP contribution in [0.25, 0.3) is 0 Å². The quantitative estimate of drug-likeness (QED) is 0.683. The van der Waals surface area contributed by atoms with E-state index in [4.69, 9.17) is 10.5 Å². The molecule has 0 saturated carbocycles. The second kappa shape index (κ2) is 9.98. The van der Waals surface area contributed by atoms with Crippen LogP contribution in [0, 0.1) is 20.8 Å². The van der Waals surface area contributed by atoms with Gasteiger partial charge in [0.2, 0.25) is 0 Å². The number of rotatable bonds is 7. The van der Waals surface area contributed by atoms with Crippen molar-refractivity contribution in [2.24, 2.45) is 0 Å². The summed E-state index contributed by atoms with van der Waals surface area (Å²) in [6.45, 7) is 10.8. The number of carbonyl (C=O) groups excluding carboxylic acids is 1. The third kappa shape index (κ3) is 5.54. The smallest absolute Gasteiger partial charge is 0.260 e. The number of nitrogens with zero attached hydrogens (tertiary/aromatic N) is 1. The molecule has 1 saturated heterocycles.